The molecular formula is C18H11BrClN3S. The molecule has 3 nitrogen and oxygen atoms in total. The molecule has 0 unspecified atom stereocenters. The summed E-state index contributed by atoms with van der Waals surface area (Å²) in [4.78, 5) is 7.79. The van der Waals surface area contributed by atoms with E-state index in [0.29, 0.717) is 9.79 Å². The average Bonchev–Trinajstić information content (AvgIpc) is 3.03. The maximum Gasteiger partial charge on any atom is 0.205 e. The van der Waals surface area contributed by atoms with Crippen LogP contribution in [0.2, 0.25) is 5.02 Å². The molecule has 2 aromatic heterocycles. The number of H-pyrrole nitrogens is 1. The lowest BCUT2D eigenvalue weighted by molar-refractivity contribution is 1.06. The summed E-state index contributed by atoms with van der Waals surface area (Å²) in [6.45, 7) is 0. The van der Waals surface area contributed by atoms with Crippen LogP contribution in [0.4, 0.5) is 0 Å². The van der Waals surface area contributed by atoms with E-state index in [-0.39, 0.29) is 0 Å². The number of imidazole rings is 1. The number of rotatable bonds is 2. The summed E-state index contributed by atoms with van der Waals surface area (Å²) in [6.07, 6.45) is 3.73. The van der Waals surface area contributed by atoms with Crippen LogP contribution in [0.25, 0.3) is 28.0 Å². The third-order valence-electron chi connectivity index (χ3n) is 3.84. The van der Waals surface area contributed by atoms with Crippen molar-refractivity contribution in [1.82, 2.24) is 14.4 Å². The van der Waals surface area contributed by atoms with E-state index in [1.165, 1.54) is 0 Å². The number of hydrogen-bond donors (Lipinski definition) is 1. The van der Waals surface area contributed by atoms with Gasteiger partial charge in [0.1, 0.15) is 5.65 Å². The molecule has 4 aromatic rings. The van der Waals surface area contributed by atoms with Crippen LogP contribution in [0.1, 0.15) is 0 Å². The van der Waals surface area contributed by atoms with Crippen molar-refractivity contribution in [1.29, 1.82) is 0 Å². The number of aromatic nitrogens is 3. The van der Waals surface area contributed by atoms with Gasteiger partial charge in [0.25, 0.3) is 0 Å². The van der Waals surface area contributed by atoms with Gasteiger partial charge in [-0.2, -0.15) is 0 Å². The Hall–Kier alpha value is -1.95. The van der Waals surface area contributed by atoms with Crippen LogP contribution >= 0.6 is 39.7 Å². The van der Waals surface area contributed by atoms with Crippen molar-refractivity contribution in [2.24, 2.45) is 0 Å². The first-order valence-electron chi connectivity index (χ1n) is 7.25. The molecule has 0 bridgehead atoms. The SMILES string of the molecule is S=c1ncc(-c2ccccc2Cl)c2[nH]c(-c3ccc(Br)cc3)cn12. The highest BCUT2D eigenvalue weighted by Gasteiger charge is 2.12. The average molecular weight is 417 g/mol. The highest BCUT2D eigenvalue weighted by atomic mass is 79.9. The number of nitrogens with one attached hydrogen (secondary N) is 1. The molecule has 4 rings (SSSR count). The molecule has 0 amide bonds. The topological polar surface area (TPSA) is 33.1 Å². The molecule has 0 aliphatic heterocycles. The Labute approximate surface area is 157 Å². The third-order valence-corrected chi connectivity index (χ3v) is 5.00. The second-order valence-corrected chi connectivity index (χ2v) is 7.02. The fraction of sp³-hybridized carbons (Fsp3) is 0. The number of fused-ring (bicyclic) bond motifs is 1. The lowest BCUT2D eigenvalue weighted by Crippen LogP contribution is -1.93. The van der Waals surface area contributed by atoms with E-state index in [4.69, 9.17) is 23.8 Å². The Balaban J connectivity index is 1.98. The van der Waals surface area contributed by atoms with E-state index < -0.39 is 0 Å². The molecule has 0 spiro atoms. The molecule has 2 heterocycles. The van der Waals surface area contributed by atoms with Gasteiger partial charge in [-0.3, -0.25) is 4.40 Å². The Bertz CT molecular complexity index is 1100. The van der Waals surface area contributed by atoms with Gasteiger partial charge >= 0.3 is 0 Å². The van der Waals surface area contributed by atoms with Crippen LogP contribution in [0.15, 0.2) is 65.4 Å². The maximum atomic E-state index is 6.36. The highest BCUT2D eigenvalue weighted by Crippen LogP contribution is 2.31. The zero-order valence-corrected chi connectivity index (χ0v) is 15.5. The largest absolute Gasteiger partial charge is 0.339 e. The van der Waals surface area contributed by atoms with Crippen molar-refractivity contribution in [2.45, 2.75) is 0 Å². The van der Waals surface area contributed by atoms with Gasteiger partial charge in [-0.1, -0.05) is 57.9 Å². The van der Waals surface area contributed by atoms with E-state index in [1.807, 2.05) is 59.1 Å². The monoisotopic (exact) mass is 415 g/mol. The van der Waals surface area contributed by atoms with Gasteiger partial charge in [0, 0.05) is 33.0 Å². The second-order valence-electron chi connectivity index (χ2n) is 5.33. The second kappa shape index (κ2) is 6.16. The van der Waals surface area contributed by atoms with Crippen molar-refractivity contribution < 1.29 is 0 Å². The predicted molar refractivity (Wildman–Crippen MR) is 104 cm³/mol. The van der Waals surface area contributed by atoms with Crippen LogP contribution in [-0.2, 0) is 0 Å². The normalized spacial score (nSPS) is 11.1. The fourth-order valence-electron chi connectivity index (χ4n) is 2.66. The minimum Gasteiger partial charge on any atom is -0.339 e. The third kappa shape index (κ3) is 2.69. The quantitative estimate of drug-likeness (QED) is 0.398. The molecule has 6 heteroatoms. The summed E-state index contributed by atoms with van der Waals surface area (Å²) >= 11 is 15.2. The molecule has 118 valence electrons. The van der Waals surface area contributed by atoms with Gasteiger partial charge in [-0.25, -0.2) is 4.98 Å². The summed E-state index contributed by atoms with van der Waals surface area (Å²) in [5, 5.41) is 0.679. The summed E-state index contributed by atoms with van der Waals surface area (Å²) in [5.41, 5.74) is 4.75. The van der Waals surface area contributed by atoms with Gasteiger partial charge in [0.2, 0.25) is 4.77 Å². The van der Waals surface area contributed by atoms with Crippen LogP contribution in [-0.4, -0.2) is 14.4 Å². The van der Waals surface area contributed by atoms with Crippen LogP contribution in [0, 0.1) is 4.77 Å². The zero-order valence-electron chi connectivity index (χ0n) is 12.3. The van der Waals surface area contributed by atoms with E-state index in [2.05, 4.69) is 25.9 Å². The van der Waals surface area contributed by atoms with Gasteiger partial charge in [0.05, 0.1) is 5.69 Å². The molecule has 2 aromatic carbocycles. The van der Waals surface area contributed by atoms with Crippen LogP contribution in [0.5, 0.6) is 0 Å². The van der Waals surface area contributed by atoms with Crippen molar-refractivity contribution in [3.05, 3.63) is 75.2 Å². The Kier molecular flexibility index (Phi) is 4.00. The van der Waals surface area contributed by atoms with Crippen molar-refractivity contribution in [3.8, 4) is 22.4 Å². The highest BCUT2D eigenvalue weighted by molar-refractivity contribution is 9.10. The Morgan fingerprint density at radius 2 is 1.79 bits per heavy atom. The Morgan fingerprint density at radius 1 is 1.04 bits per heavy atom. The molecule has 0 saturated carbocycles. The van der Waals surface area contributed by atoms with Gasteiger partial charge < -0.3 is 4.98 Å². The van der Waals surface area contributed by atoms with Gasteiger partial charge in [-0.15, -0.1) is 0 Å². The minimum absolute atomic E-state index is 0.500. The van der Waals surface area contributed by atoms with Gasteiger partial charge in [0.15, 0.2) is 0 Å². The Morgan fingerprint density at radius 3 is 2.54 bits per heavy atom. The molecule has 0 fully saturated rings. The first-order valence-corrected chi connectivity index (χ1v) is 8.82. The lowest BCUT2D eigenvalue weighted by Gasteiger charge is -2.05. The minimum atomic E-state index is 0.500. The first kappa shape index (κ1) is 15.6. The van der Waals surface area contributed by atoms with Crippen molar-refractivity contribution in [3.63, 3.8) is 0 Å². The van der Waals surface area contributed by atoms with Crippen molar-refractivity contribution >= 4 is 45.4 Å². The lowest BCUT2D eigenvalue weighted by atomic mass is 10.1. The molecule has 0 aliphatic carbocycles. The van der Waals surface area contributed by atoms with E-state index in [1.54, 1.807) is 6.20 Å². The maximum absolute atomic E-state index is 6.36. The molecule has 24 heavy (non-hydrogen) atoms. The van der Waals surface area contributed by atoms with E-state index in [0.717, 1.165) is 32.5 Å². The molecule has 0 aliphatic rings. The molecule has 0 atom stereocenters. The number of aromatic amines is 1. The molecule has 1 N–H and O–H groups in total. The van der Waals surface area contributed by atoms with Crippen molar-refractivity contribution in [2.75, 3.05) is 0 Å². The number of benzene rings is 2. The smallest absolute Gasteiger partial charge is 0.205 e. The van der Waals surface area contributed by atoms with Gasteiger partial charge in [-0.05, 0) is 36.0 Å². The summed E-state index contributed by atoms with van der Waals surface area (Å²) in [5.74, 6) is 0. The molecular weight excluding hydrogens is 406 g/mol. The number of halogens is 2. The predicted octanol–water partition coefficient (Wildman–Crippen LogP) is 6.14. The van der Waals surface area contributed by atoms with E-state index in [9.17, 15) is 0 Å². The molecule has 0 radical (unpaired) electrons. The first-order chi connectivity index (χ1) is 11.6. The summed E-state index contributed by atoms with van der Waals surface area (Å²) in [7, 11) is 0. The summed E-state index contributed by atoms with van der Waals surface area (Å²) in [6, 6.07) is 15.8. The van der Waals surface area contributed by atoms with E-state index >= 15 is 0 Å². The summed E-state index contributed by atoms with van der Waals surface area (Å²) < 4.78 is 3.42. The molecule has 0 saturated heterocycles. The fourth-order valence-corrected chi connectivity index (χ4v) is 3.36. The number of nitrogens with zero attached hydrogens (tertiary/aromatic N) is 2. The van der Waals surface area contributed by atoms with Crippen LogP contribution in [0.3, 0.4) is 0 Å². The van der Waals surface area contributed by atoms with Crippen LogP contribution < -0.4 is 0 Å². The standard InChI is InChI=1S/C18H11BrClN3S/c19-12-7-5-11(6-8-12)16-10-23-17(22-16)14(9-21-18(23)24)13-3-1-2-4-15(13)20/h1-10,22H. The zero-order chi connectivity index (χ0) is 16.7. The number of hydrogen-bond acceptors (Lipinski definition) is 2.